The van der Waals surface area contributed by atoms with E-state index in [4.69, 9.17) is 27.1 Å². The Balaban J connectivity index is 1.84. The maximum Gasteiger partial charge on any atom is 0.278 e. The number of sulfone groups is 1. The van der Waals surface area contributed by atoms with Crippen LogP contribution in [0.2, 0.25) is 5.02 Å². The molecular weight excluding hydrogens is 500 g/mol. The molecule has 182 valence electrons. The van der Waals surface area contributed by atoms with Gasteiger partial charge in [0, 0.05) is 16.8 Å². The molecular formula is C26H22ClN4O4S+. The van der Waals surface area contributed by atoms with Crippen molar-refractivity contribution in [1.29, 1.82) is 0 Å². The van der Waals surface area contributed by atoms with Crippen molar-refractivity contribution >= 4 is 43.9 Å². The third kappa shape index (κ3) is 3.96. The zero-order valence-electron chi connectivity index (χ0n) is 19.5. The summed E-state index contributed by atoms with van der Waals surface area (Å²) in [5, 5.41) is 0.535. The summed E-state index contributed by atoms with van der Waals surface area (Å²) >= 11 is 5.96. The van der Waals surface area contributed by atoms with Gasteiger partial charge in [0.2, 0.25) is 21.3 Å². The van der Waals surface area contributed by atoms with Crippen molar-refractivity contribution in [3.8, 4) is 5.75 Å². The fraction of sp³-hybridized carbons (Fsp3) is 0.115. The second-order valence-corrected chi connectivity index (χ2v) is 10.7. The lowest BCUT2D eigenvalue weighted by molar-refractivity contribution is -0.651. The lowest BCUT2D eigenvalue weighted by Gasteiger charge is -2.13. The molecule has 0 saturated carbocycles. The topological polar surface area (TPSA) is 108 Å². The molecule has 8 nitrogen and oxygen atoms in total. The van der Waals surface area contributed by atoms with Crippen LogP contribution in [0.3, 0.4) is 0 Å². The highest BCUT2D eigenvalue weighted by Gasteiger charge is 2.29. The van der Waals surface area contributed by atoms with Crippen LogP contribution in [0.25, 0.3) is 16.7 Å². The molecule has 3 heterocycles. The highest BCUT2D eigenvalue weighted by Crippen LogP contribution is 2.27. The van der Waals surface area contributed by atoms with Gasteiger partial charge in [0.1, 0.15) is 16.0 Å². The number of aromatic nitrogens is 3. The van der Waals surface area contributed by atoms with Gasteiger partial charge in [0.05, 0.1) is 18.6 Å². The van der Waals surface area contributed by atoms with Crippen LogP contribution >= 0.6 is 11.6 Å². The molecule has 5 rings (SSSR count). The molecule has 0 bridgehead atoms. The third-order valence-corrected chi connectivity index (χ3v) is 8.10. The summed E-state index contributed by atoms with van der Waals surface area (Å²) in [5.74, 6) is 0.650. The number of hydrogen-bond donors (Lipinski definition) is 1. The van der Waals surface area contributed by atoms with Gasteiger partial charge in [-0.2, -0.15) is 0 Å². The summed E-state index contributed by atoms with van der Waals surface area (Å²) in [4.78, 5) is 18.1. The van der Waals surface area contributed by atoms with E-state index < -0.39 is 15.4 Å². The van der Waals surface area contributed by atoms with Crippen LogP contribution in [-0.4, -0.2) is 24.9 Å². The minimum absolute atomic E-state index is 0.0126. The fourth-order valence-electron chi connectivity index (χ4n) is 4.11. The Bertz CT molecular complexity index is 1800. The van der Waals surface area contributed by atoms with Crippen molar-refractivity contribution < 1.29 is 17.7 Å². The number of halogens is 1. The van der Waals surface area contributed by atoms with Crippen LogP contribution in [0.15, 0.2) is 87.5 Å². The maximum absolute atomic E-state index is 13.6. The van der Waals surface area contributed by atoms with Crippen LogP contribution in [0.4, 0.5) is 5.82 Å². The molecule has 0 aliphatic carbocycles. The maximum atomic E-state index is 13.6. The molecule has 0 fully saturated rings. The predicted molar refractivity (Wildman–Crippen MR) is 137 cm³/mol. The molecule has 2 aromatic carbocycles. The highest BCUT2D eigenvalue weighted by molar-refractivity contribution is 7.91. The molecule has 36 heavy (non-hydrogen) atoms. The summed E-state index contributed by atoms with van der Waals surface area (Å²) in [5.41, 5.74) is 8.50. The van der Waals surface area contributed by atoms with Gasteiger partial charge in [-0.3, -0.25) is 9.20 Å². The average molecular weight is 522 g/mol. The molecule has 0 saturated heterocycles. The number of pyridine rings is 2. The number of fused-ring (bicyclic) bond motifs is 2. The summed E-state index contributed by atoms with van der Waals surface area (Å²) in [6.45, 7) is 2.04. The molecule has 3 aromatic heterocycles. The van der Waals surface area contributed by atoms with E-state index in [0.717, 1.165) is 11.1 Å². The molecule has 0 amide bonds. The molecule has 0 atom stereocenters. The first-order chi connectivity index (χ1) is 17.2. The first kappa shape index (κ1) is 23.8. The molecule has 0 aliphatic heterocycles. The number of methoxy groups -OCH3 is 1. The van der Waals surface area contributed by atoms with E-state index in [2.05, 4.69) is 0 Å². The van der Waals surface area contributed by atoms with Gasteiger partial charge in [0.25, 0.3) is 11.2 Å². The first-order valence-electron chi connectivity index (χ1n) is 11.0. The van der Waals surface area contributed by atoms with E-state index in [9.17, 15) is 13.2 Å². The molecule has 2 N–H and O–H groups in total. The van der Waals surface area contributed by atoms with Gasteiger partial charge >= 0.3 is 0 Å². The molecule has 0 unspecified atom stereocenters. The molecule has 0 radical (unpaired) electrons. The Hall–Kier alpha value is -3.95. The molecule has 5 aromatic rings. The zero-order valence-corrected chi connectivity index (χ0v) is 21.0. The number of aryl methyl sites for hydroxylation is 1. The number of anilines is 1. The van der Waals surface area contributed by atoms with E-state index in [1.54, 1.807) is 36.1 Å². The zero-order chi connectivity index (χ0) is 25.6. The number of ether oxygens (including phenoxy) is 1. The van der Waals surface area contributed by atoms with E-state index in [0.29, 0.717) is 16.4 Å². The molecule has 10 heteroatoms. The van der Waals surface area contributed by atoms with E-state index in [-0.39, 0.29) is 33.2 Å². The van der Waals surface area contributed by atoms with Crippen molar-refractivity contribution in [2.24, 2.45) is 0 Å². The van der Waals surface area contributed by atoms with Gasteiger partial charge in [-0.1, -0.05) is 34.8 Å². The summed E-state index contributed by atoms with van der Waals surface area (Å²) in [6, 6.07) is 18.0. The largest absolute Gasteiger partial charge is 0.497 e. The Labute approximate surface area is 212 Å². The van der Waals surface area contributed by atoms with Crippen molar-refractivity contribution in [1.82, 2.24) is 9.38 Å². The predicted octanol–water partition coefficient (Wildman–Crippen LogP) is 3.57. The van der Waals surface area contributed by atoms with Crippen LogP contribution in [0.5, 0.6) is 5.75 Å². The van der Waals surface area contributed by atoms with Crippen molar-refractivity contribution in [3.05, 3.63) is 99.4 Å². The van der Waals surface area contributed by atoms with Crippen LogP contribution in [-0.2, 0) is 16.4 Å². The van der Waals surface area contributed by atoms with Crippen molar-refractivity contribution in [2.45, 2.75) is 23.3 Å². The number of nitrogen functional groups attached to an aromatic ring is 1. The van der Waals surface area contributed by atoms with Crippen LogP contribution in [0.1, 0.15) is 11.1 Å². The Kier molecular flexibility index (Phi) is 5.89. The molecule has 0 aliphatic rings. The third-order valence-electron chi connectivity index (χ3n) is 6.05. The number of rotatable bonds is 5. The van der Waals surface area contributed by atoms with E-state index >= 15 is 0 Å². The monoisotopic (exact) mass is 521 g/mol. The highest BCUT2D eigenvalue weighted by atomic mass is 35.5. The lowest BCUT2D eigenvalue weighted by atomic mass is 10.2. The minimum Gasteiger partial charge on any atom is -0.497 e. The number of nitrogens with zero attached hydrogens (tertiary/aromatic N) is 3. The van der Waals surface area contributed by atoms with Crippen LogP contribution in [0, 0.1) is 6.92 Å². The normalized spacial score (nSPS) is 11.8. The number of benzene rings is 2. The van der Waals surface area contributed by atoms with E-state index in [1.807, 2.05) is 25.1 Å². The van der Waals surface area contributed by atoms with Gasteiger partial charge in [-0.25, -0.2) is 13.0 Å². The average Bonchev–Trinajstić information content (AvgIpc) is 2.87. The quantitative estimate of drug-likeness (QED) is 0.280. The van der Waals surface area contributed by atoms with Gasteiger partial charge < -0.3 is 10.5 Å². The Morgan fingerprint density at radius 2 is 1.78 bits per heavy atom. The van der Waals surface area contributed by atoms with Crippen molar-refractivity contribution in [2.75, 3.05) is 12.8 Å². The first-order valence-corrected chi connectivity index (χ1v) is 12.8. The number of nitrogens with two attached hydrogens (primary N) is 1. The van der Waals surface area contributed by atoms with Gasteiger partial charge in [-0.05, 0) is 61.0 Å². The Morgan fingerprint density at radius 1 is 1.08 bits per heavy atom. The Morgan fingerprint density at radius 3 is 2.44 bits per heavy atom. The molecule has 0 spiro atoms. The fourth-order valence-corrected chi connectivity index (χ4v) is 5.65. The summed E-state index contributed by atoms with van der Waals surface area (Å²) in [7, 11) is -2.51. The summed E-state index contributed by atoms with van der Waals surface area (Å²) in [6.07, 6.45) is 1.61. The minimum atomic E-state index is -4.08. The lowest BCUT2D eigenvalue weighted by Crippen LogP contribution is -2.42. The number of hydrogen-bond acceptors (Lipinski definition) is 6. The second kappa shape index (κ2) is 8.92. The van der Waals surface area contributed by atoms with E-state index in [1.165, 1.54) is 34.7 Å². The SMILES string of the molecule is COc1ccc(C[n+]2c(N)c(S(=O)(=O)c3ccc(Cl)cc3)cc3c(=O)n4cccc(C)c4nc32)cc1. The van der Waals surface area contributed by atoms with Crippen molar-refractivity contribution in [3.63, 3.8) is 0 Å². The van der Waals surface area contributed by atoms with Gasteiger partial charge in [-0.15, -0.1) is 0 Å². The smallest absolute Gasteiger partial charge is 0.278 e. The standard InChI is InChI=1S/C26H21ClN4O4S/c1-16-4-3-13-30-24(16)29-25-21(26(30)32)14-22(36(33,34)20-11-7-18(27)8-12-20)23(28)31(25)15-17-5-9-19(35-2)10-6-17/h3-14,28H,15H2,1-2H3/p+1. The summed E-state index contributed by atoms with van der Waals surface area (Å²) < 4.78 is 35.5. The van der Waals surface area contributed by atoms with Crippen LogP contribution < -0.4 is 20.6 Å². The second-order valence-electron chi connectivity index (χ2n) is 8.32. The van der Waals surface area contributed by atoms with Gasteiger partial charge in [0.15, 0.2) is 0 Å².